The van der Waals surface area contributed by atoms with Crippen LogP contribution in [0.3, 0.4) is 0 Å². The SMILES string of the molecule is CC1(C)CC1N1C(=O)C2(CCCC2)NC1C1CCCC1. The third-order valence-corrected chi connectivity index (χ3v) is 6.47. The average molecular weight is 276 g/mol. The van der Waals surface area contributed by atoms with Crippen molar-refractivity contribution in [2.45, 2.75) is 89.4 Å². The summed E-state index contributed by atoms with van der Waals surface area (Å²) in [5.41, 5.74) is 0.171. The molecule has 112 valence electrons. The first-order chi connectivity index (χ1) is 9.54. The Balaban J connectivity index is 1.63. The molecule has 0 radical (unpaired) electrons. The van der Waals surface area contributed by atoms with Crippen LogP contribution in [0, 0.1) is 11.3 Å². The first-order valence-corrected chi connectivity index (χ1v) is 8.64. The third kappa shape index (κ3) is 1.78. The molecule has 1 spiro atoms. The number of nitrogens with one attached hydrogen (secondary N) is 1. The van der Waals surface area contributed by atoms with Crippen molar-refractivity contribution in [2.24, 2.45) is 11.3 Å². The molecule has 0 aromatic heterocycles. The Labute approximate surface area is 122 Å². The Morgan fingerprint density at radius 1 is 1.10 bits per heavy atom. The van der Waals surface area contributed by atoms with E-state index in [1.165, 1.54) is 44.9 Å². The number of nitrogens with zero attached hydrogens (tertiary/aromatic N) is 1. The molecule has 4 rings (SSSR count). The molecule has 0 aromatic rings. The molecule has 4 fully saturated rings. The summed E-state index contributed by atoms with van der Waals surface area (Å²) in [5.74, 6) is 1.15. The highest BCUT2D eigenvalue weighted by Crippen LogP contribution is 2.53. The van der Waals surface area contributed by atoms with E-state index in [0.717, 1.165) is 12.8 Å². The molecule has 1 aliphatic heterocycles. The Morgan fingerprint density at radius 2 is 1.70 bits per heavy atom. The highest BCUT2D eigenvalue weighted by molar-refractivity contribution is 5.90. The minimum absolute atomic E-state index is 0.175. The minimum atomic E-state index is -0.175. The van der Waals surface area contributed by atoms with Crippen LogP contribution in [0.15, 0.2) is 0 Å². The zero-order valence-corrected chi connectivity index (χ0v) is 13.0. The highest BCUT2D eigenvalue weighted by atomic mass is 16.2. The second-order valence-corrected chi connectivity index (χ2v) is 8.34. The molecular formula is C17H28N2O. The van der Waals surface area contributed by atoms with Gasteiger partial charge < -0.3 is 4.90 Å². The Hall–Kier alpha value is -0.570. The number of rotatable bonds is 2. The first-order valence-electron chi connectivity index (χ1n) is 8.64. The van der Waals surface area contributed by atoms with E-state index in [4.69, 9.17) is 0 Å². The molecular weight excluding hydrogens is 248 g/mol. The molecule has 2 unspecified atom stereocenters. The quantitative estimate of drug-likeness (QED) is 0.841. The van der Waals surface area contributed by atoms with E-state index >= 15 is 0 Å². The van der Waals surface area contributed by atoms with Gasteiger partial charge >= 0.3 is 0 Å². The minimum Gasteiger partial charge on any atom is -0.322 e. The number of hydrogen-bond acceptors (Lipinski definition) is 2. The molecule has 1 amide bonds. The summed E-state index contributed by atoms with van der Waals surface area (Å²) in [6.45, 7) is 4.63. The monoisotopic (exact) mass is 276 g/mol. The fourth-order valence-electron chi connectivity index (χ4n) is 4.99. The molecule has 3 heteroatoms. The van der Waals surface area contributed by atoms with Crippen molar-refractivity contribution in [3.63, 3.8) is 0 Å². The number of carbonyl (C=O) groups is 1. The van der Waals surface area contributed by atoms with Crippen LogP contribution in [0.25, 0.3) is 0 Å². The van der Waals surface area contributed by atoms with Gasteiger partial charge in [-0.15, -0.1) is 0 Å². The van der Waals surface area contributed by atoms with E-state index in [0.29, 0.717) is 29.4 Å². The highest BCUT2D eigenvalue weighted by Gasteiger charge is 2.62. The lowest BCUT2D eigenvalue weighted by Crippen LogP contribution is -2.46. The van der Waals surface area contributed by atoms with Gasteiger partial charge in [0, 0.05) is 6.04 Å². The van der Waals surface area contributed by atoms with E-state index < -0.39 is 0 Å². The third-order valence-electron chi connectivity index (χ3n) is 6.47. The Bertz CT molecular complexity index is 419. The fraction of sp³-hybridized carbons (Fsp3) is 0.941. The molecule has 3 aliphatic carbocycles. The van der Waals surface area contributed by atoms with Gasteiger partial charge in [-0.05, 0) is 43.4 Å². The maximum atomic E-state index is 13.1. The number of amides is 1. The van der Waals surface area contributed by atoms with Crippen LogP contribution >= 0.6 is 0 Å². The Kier molecular flexibility index (Phi) is 2.77. The lowest BCUT2D eigenvalue weighted by atomic mass is 9.97. The van der Waals surface area contributed by atoms with Crippen molar-refractivity contribution < 1.29 is 4.79 Å². The van der Waals surface area contributed by atoms with Crippen molar-refractivity contribution in [1.29, 1.82) is 0 Å². The second-order valence-electron chi connectivity index (χ2n) is 8.34. The van der Waals surface area contributed by atoms with Gasteiger partial charge in [-0.25, -0.2) is 0 Å². The summed E-state index contributed by atoms with van der Waals surface area (Å²) in [6, 6.07) is 0.494. The maximum absolute atomic E-state index is 13.1. The molecule has 1 saturated heterocycles. The number of carbonyl (C=O) groups excluding carboxylic acids is 1. The molecule has 4 aliphatic rings. The standard InChI is InChI=1S/C17H28N2O/c1-16(2)11-13(16)19-14(12-7-3-4-8-12)18-17(15(19)20)9-5-6-10-17/h12-14,18H,3-11H2,1-2H3. The van der Waals surface area contributed by atoms with Crippen LogP contribution in [0.4, 0.5) is 0 Å². The summed E-state index contributed by atoms with van der Waals surface area (Å²) in [5, 5.41) is 3.84. The van der Waals surface area contributed by atoms with Crippen molar-refractivity contribution in [2.75, 3.05) is 0 Å². The molecule has 3 nitrogen and oxygen atoms in total. The van der Waals surface area contributed by atoms with Gasteiger partial charge in [0.05, 0.1) is 11.7 Å². The van der Waals surface area contributed by atoms with Gasteiger partial charge in [-0.1, -0.05) is 39.5 Å². The van der Waals surface area contributed by atoms with E-state index in [-0.39, 0.29) is 5.54 Å². The second kappa shape index (κ2) is 4.22. The van der Waals surface area contributed by atoms with E-state index in [1.54, 1.807) is 0 Å². The topological polar surface area (TPSA) is 32.3 Å². The van der Waals surface area contributed by atoms with Gasteiger partial charge in [0.25, 0.3) is 0 Å². The summed E-state index contributed by atoms with van der Waals surface area (Å²) < 4.78 is 0. The predicted molar refractivity (Wildman–Crippen MR) is 79.1 cm³/mol. The van der Waals surface area contributed by atoms with Gasteiger partial charge in [0.1, 0.15) is 0 Å². The van der Waals surface area contributed by atoms with E-state index in [9.17, 15) is 4.79 Å². The summed E-state index contributed by atoms with van der Waals surface area (Å²) in [4.78, 5) is 15.4. The summed E-state index contributed by atoms with van der Waals surface area (Å²) >= 11 is 0. The van der Waals surface area contributed by atoms with Crippen molar-refractivity contribution in [1.82, 2.24) is 10.2 Å². The van der Waals surface area contributed by atoms with Crippen LogP contribution in [-0.2, 0) is 4.79 Å². The molecule has 3 saturated carbocycles. The Morgan fingerprint density at radius 3 is 2.25 bits per heavy atom. The predicted octanol–water partition coefficient (Wildman–Crippen LogP) is 3.05. The summed E-state index contributed by atoms with van der Waals surface area (Å²) in [7, 11) is 0. The van der Waals surface area contributed by atoms with Crippen LogP contribution in [0.1, 0.15) is 71.6 Å². The zero-order chi connectivity index (χ0) is 14.0. The number of hydrogen-bond donors (Lipinski definition) is 1. The van der Waals surface area contributed by atoms with Crippen LogP contribution in [0.2, 0.25) is 0 Å². The zero-order valence-electron chi connectivity index (χ0n) is 13.0. The first kappa shape index (κ1) is 13.1. The van der Waals surface area contributed by atoms with Gasteiger partial charge in [0.2, 0.25) is 5.91 Å². The molecule has 1 N–H and O–H groups in total. The smallest absolute Gasteiger partial charge is 0.244 e. The van der Waals surface area contributed by atoms with Gasteiger partial charge in [-0.3, -0.25) is 10.1 Å². The molecule has 0 bridgehead atoms. The van der Waals surface area contributed by atoms with Crippen molar-refractivity contribution in [3.05, 3.63) is 0 Å². The lowest BCUT2D eigenvalue weighted by Gasteiger charge is -2.30. The van der Waals surface area contributed by atoms with Gasteiger partial charge in [0.15, 0.2) is 0 Å². The molecule has 2 atom stereocenters. The van der Waals surface area contributed by atoms with Crippen LogP contribution in [-0.4, -0.2) is 28.6 Å². The van der Waals surface area contributed by atoms with Crippen molar-refractivity contribution >= 4 is 5.91 Å². The molecule has 20 heavy (non-hydrogen) atoms. The maximum Gasteiger partial charge on any atom is 0.244 e. The van der Waals surface area contributed by atoms with E-state index in [1.807, 2.05) is 0 Å². The average Bonchev–Trinajstić information content (AvgIpc) is 2.94. The lowest BCUT2D eigenvalue weighted by molar-refractivity contribution is -0.134. The summed E-state index contributed by atoms with van der Waals surface area (Å²) in [6.07, 6.45) is 11.4. The van der Waals surface area contributed by atoms with Gasteiger partial charge in [-0.2, -0.15) is 0 Å². The van der Waals surface area contributed by atoms with E-state index in [2.05, 4.69) is 24.1 Å². The van der Waals surface area contributed by atoms with Crippen molar-refractivity contribution in [3.8, 4) is 0 Å². The van der Waals surface area contributed by atoms with Crippen LogP contribution < -0.4 is 5.32 Å². The fourth-order valence-corrected chi connectivity index (χ4v) is 4.99. The normalized spacial score (nSPS) is 39.1. The molecule has 0 aromatic carbocycles. The van der Waals surface area contributed by atoms with Crippen LogP contribution in [0.5, 0.6) is 0 Å². The molecule has 1 heterocycles. The largest absolute Gasteiger partial charge is 0.322 e.